The van der Waals surface area contributed by atoms with Gasteiger partial charge in [-0.25, -0.2) is 18.2 Å². The van der Waals surface area contributed by atoms with E-state index in [1.54, 1.807) is 30.3 Å². The van der Waals surface area contributed by atoms with Crippen LogP contribution in [0.3, 0.4) is 0 Å². The Labute approximate surface area is 229 Å². The number of hydrogen-bond donors (Lipinski definition) is 3. The summed E-state index contributed by atoms with van der Waals surface area (Å²) in [5, 5.41) is 12.2. The molecule has 10 nitrogen and oxygen atoms in total. The third kappa shape index (κ3) is 6.76. The van der Waals surface area contributed by atoms with Crippen molar-refractivity contribution in [2.45, 2.75) is 11.1 Å². The fraction of sp³-hybridized carbons (Fsp3) is 0.0435. The summed E-state index contributed by atoms with van der Waals surface area (Å²) in [6.45, 7) is 0. The van der Waals surface area contributed by atoms with Crippen LogP contribution in [-0.2, 0) is 19.1 Å². The van der Waals surface area contributed by atoms with Crippen LogP contribution < -0.4 is 10.5 Å². The van der Waals surface area contributed by atoms with Crippen molar-refractivity contribution in [3.8, 4) is 16.9 Å². The lowest BCUT2D eigenvalue weighted by Crippen LogP contribution is -2.29. The van der Waals surface area contributed by atoms with E-state index in [0.717, 1.165) is 14.5 Å². The first-order valence-corrected chi connectivity index (χ1v) is 14.7. The third-order valence-electron chi connectivity index (χ3n) is 5.12. The Morgan fingerprint density at radius 2 is 1.57 bits per heavy atom. The molecule has 1 amide bonds. The van der Waals surface area contributed by atoms with Crippen molar-refractivity contribution in [2.24, 2.45) is 5.14 Å². The fourth-order valence-electron chi connectivity index (χ4n) is 3.38. The number of nitrogens with zero attached hydrogens (tertiary/aromatic N) is 2. The highest BCUT2D eigenvalue weighted by Crippen LogP contribution is 2.29. The molecular weight excluding hydrogens is 651 g/mol. The van der Waals surface area contributed by atoms with Gasteiger partial charge >= 0.3 is 8.25 Å². The number of amides is 1. The van der Waals surface area contributed by atoms with Crippen LogP contribution in [0.15, 0.2) is 92.7 Å². The summed E-state index contributed by atoms with van der Waals surface area (Å²) in [4.78, 5) is 22.4. The zero-order valence-electron chi connectivity index (χ0n) is 18.7. The van der Waals surface area contributed by atoms with Gasteiger partial charge in [-0.2, -0.15) is 5.10 Å². The molecule has 37 heavy (non-hydrogen) atoms. The van der Waals surface area contributed by atoms with Crippen LogP contribution in [0.4, 0.5) is 0 Å². The minimum absolute atomic E-state index is 0.00711. The van der Waals surface area contributed by atoms with Gasteiger partial charge in [0.25, 0.3) is 5.91 Å². The fourth-order valence-corrected chi connectivity index (χ4v) is 4.78. The van der Waals surface area contributed by atoms with Crippen LogP contribution in [0.2, 0.25) is 0 Å². The number of benzene rings is 3. The number of nitrogens with two attached hydrogens (primary N) is 1. The smallest absolute Gasteiger partial charge is 0.317 e. The van der Waals surface area contributed by atoms with E-state index in [0.29, 0.717) is 16.9 Å². The zero-order valence-corrected chi connectivity index (χ0v) is 23.5. The van der Waals surface area contributed by atoms with E-state index < -0.39 is 30.4 Å². The average molecular weight is 669 g/mol. The topological polar surface area (TPSA) is 154 Å². The molecule has 4 aromatic rings. The molecule has 4 rings (SSSR count). The molecule has 190 valence electrons. The van der Waals surface area contributed by atoms with Crippen molar-refractivity contribution in [1.29, 1.82) is 0 Å². The second-order valence-electron chi connectivity index (χ2n) is 7.62. The molecule has 0 spiro atoms. The Morgan fingerprint density at radius 3 is 2.11 bits per heavy atom. The Balaban J connectivity index is 1.73. The molecule has 0 aliphatic rings. The molecule has 0 saturated carbocycles. The van der Waals surface area contributed by atoms with Crippen LogP contribution in [0.25, 0.3) is 16.9 Å². The number of halogens is 2. The lowest BCUT2D eigenvalue weighted by Gasteiger charge is -2.12. The van der Waals surface area contributed by atoms with Gasteiger partial charge in [0.15, 0.2) is 5.69 Å². The predicted molar refractivity (Wildman–Crippen MR) is 143 cm³/mol. The van der Waals surface area contributed by atoms with E-state index in [-0.39, 0.29) is 10.6 Å². The van der Waals surface area contributed by atoms with Crippen LogP contribution in [-0.4, -0.2) is 29.0 Å². The Bertz CT molecular complexity index is 1560. The quantitative estimate of drug-likeness (QED) is 0.180. The highest BCUT2D eigenvalue weighted by atomic mass is 79.9. The second-order valence-corrected chi connectivity index (χ2v) is 11.7. The van der Waals surface area contributed by atoms with Gasteiger partial charge in [0.05, 0.1) is 16.3 Å². The standard InChI is InChI=1S/C23H17Br2N4O6PS/c24-16-5-1-14(2-6-16)21-13-20(28-29(21)18-9-11-19(12-10-18)37(26,33)34)22(30)27-23(35-36(31)32)15-3-7-17(25)8-4-15/h1-13,23H,(H3-,26,27,30,31,32,33,34)/p+1. The minimum atomic E-state index is -3.89. The summed E-state index contributed by atoms with van der Waals surface area (Å²) in [5.74, 6) is -0.664. The summed E-state index contributed by atoms with van der Waals surface area (Å²) >= 11 is 6.71. The second kappa shape index (κ2) is 11.3. The number of carbonyl (C=O) groups is 1. The largest absolute Gasteiger partial charge is 0.697 e. The summed E-state index contributed by atoms with van der Waals surface area (Å²) in [6.07, 6.45) is -1.22. The maximum Gasteiger partial charge on any atom is 0.697 e. The first-order valence-electron chi connectivity index (χ1n) is 10.4. The number of sulfonamides is 1. The van der Waals surface area contributed by atoms with Crippen LogP contribution in [0.1, 0.15) is 22.3 Å². The molecular formula is C23H18Br2N4O6PS+. The number of primary sulfonamides is 1. The lowest BCUT2D eigenvalue weighted by molar-refractivity contribution is 0.0817. The lowest BCUT2D eigenvalue weighted by atomic mass is 10.1. The van der Waals surface area contributed by atoms with Gasteiger partial charge in [0.1, 0.15) is 0 Å². The normalized spacial score (nSPS) is 12.7. The Kier molecular flexibility index (Phi) is 8.34. The summed E-state index contributed by atoms with van der Waals surface area (Å²) < 4.78 is 42.9. The molecule has 4 N–H and O–H groups in total. The van der Waals surface area contributed by atoms with Gasteiger partial charge in [0, 0.05) is 24.6 Å². The molecule has 0 bridgehead atoms. The Morgan fingerprint density at radius 1 is 1.00 bits per heavy atom. The average Bonchev–Trinajstić information content (AvgIpc) is 3.29. The molecule has 1 heterocycles. The number of hydrogen-bond acceptors (Lipinski definition) is 6. The summed E-state index contributed by atoms with van der Waals surface area (Å²) in [5.41, 5.74) is 2.18. The minimum Gasteiger partial charge on any atom is -0.317 e. The van der Waals surface area contributed by atoms with Crippen molar-refractivity contribution >= 4 is 56.0 Å². The van der Waals surface area contributed by atoms with Crippen molar-refractivity contribution in [3.05, 3.63) is 99.1 Å². The first kappa shape index (κ1) is 27.3. The summed E-state index contributed by atoms with van der Waals surface area (Å²) in [6, 6.07) is 21.2. The first-order chi connectivity index (χ1) is 17.5. The maximum absolute atomic E-state index is 13.2. The Hall–Kier alpha value is -2.77. The molecule has 2 unspecified atom stereocenters. The molecule has 0 aliphatic carbocycles. The number of rotatable bonds is 8. The van der Waals surface area contributed by atoms with Crippen molar-refractivity contribution in [1.82, 2.24) is 15.1 Å². The van der Waals surface area contributed by atoms with E-state index in [2.05, 4.69) is 42.3 Å². The molecule has 3 aromatic carbocycles. The van der Waals surface area contributed by atoms with Crippen LogP contribution in [0.5, 0.6) is 0 Å². The molecule has 0 radical (unpaired) electrons. The van der Waals surface area contributed by atoms with E-state index in [9.17, 15) is 22.7 Å². The number of aromatic nitrogens is 2. The molecule has 1 aromatic heterocycles. The van der Waals surface area contributed by atoms with Crippen molar-refractivity contribution in [2.75, 3.05) is 0 Å². The molecule has 2 atom stereocenters. The van der Waals surface area contributed by atoms with Gasteiger partial charge < -0.3 is 5.32 Å². The van der Waals surface area contributed by atoms with E-state index in [4.69, 9.17) is 9.66 Å². The highest BCUT2D eigenvalue weighted by Gasteiger charge is 2.28. The van der Waals surface area contributed by atoms with Gasteiger partial charge in [-0.05, 0) is 54.6 Å². The molecule has 0 saturated heterocycles. The number of nitrogens with one attached hydrogen (secondary N) is 1. The van der Waals surface area contributed by atoms with E-state index in [1.807, 2.05) is 24.3 Å². The van der Waals surface area contributed by atoms with E-state index >= 15 is 0 Å². The highest BCUT2D eigenvalue weighted by molar-refractivity contribution is 9.10. The monoisotopic (exact) mass is 667 g/mol. The van der Waals surface area contributed by atoms with Crippen molar-refractivity contribution < 1.29 is 27.2 Å². The summed E-state index contributed by atoms with van der Waals surface area (Å²) in [7, 11) is -6.92. The van der Waals surface area contributed by atoms with E-state index in [1.165, 1.54) is 28.9 Å². The van der Waals surface area contributed by atoms with Crippen LogP contribution in [0, 0.1) is 0 Å². The van der Waals surface area contributed by atoms with Gasteiger partial charge in [-0.1, -0.05) is 60.6 Å². The number of carbonyl (C=O) groups excluding carboxylic acids is 1. The van der Waals surface area contributed by atoms with Gasteiger partial charge in [-0.3, -0.25) is 4.79 Å². The molecule has 0 fully saturated rings. The van der Waals surface area contributed by atoms with Gasteiger partial charge in [0.2, 0.25) is 16.3 Å². The van der Waals surface area contributed by atoms with Gasteiger partial charge in [-0.15, -0.1) is 4.89 Å². The molecule has 0 aliphatic heterocycles. The predicted octanol–water partition coefficient (Wildman–Crippen LogP) is 4.81. The third-order valence-corrected chi connectivity index (χ3v) is 7.50. The maximum atomic E-state index is 13.2. The molecule has 14 heteroatoms. The zero-order chi connectivity index (χ0) is 26.7. The van der Waals surface area contributed by atoms with Crippen LogP contribution >= 0.6 is 40.1 Å². The SMILES string of the molecule is NS(=O)(=O)c1ccc(-n2nc(C(=O)NC(O[P+](=O)O)c3ccc(Br)cc3)cc2-c2ccc(Br)cc2)cc1. The van der Waals surface area contributed by atoms with Crippen molar-refractivity contribution in [3.63, 3.8) is 0 Å².